The highest BCUT2D eigenvalue weighted by molar-refractivity contribution is 5.92. The summed E-state index contributed by atoms with van der Waals surface area (Å²) < 4.78 is 9.20. The van der Waals surface area contributed by atoms with Crippen LogP contribution in [-0.4, -0.2) is 43.3 Å². The number of aliphatic hydroxyl groups is 1. The molecule has 0 bridgehead atoms. The van der Waals surface area contributed by atoms with Crippen molar-refractivity contribution in [1.29, 1.82) is 0 Å². The van der Waals surface area contributed by atoms with Gasteiger partial charge >= 0.3 is 0 Å². The molecule has 9 nitrogen and oxygen atoms in total. The van der Waals surface area contributed by atoms with Crippen molar-refractivity contribution in [3.63, 3.8) is 0 Å². The minimum atomic E-state index is -0.713. The zero-order valence-corrected chi connectivity index (χ0v) is 20.9. The van der Waals surface area contributed by atoms with Gasteiger partial charge in [-0.1, -0.05) is 46.0 Å². The van der Waals surface area contributed by atoms with Crippen LogP contribution in [0.5, 0.6) is 5.75 Å². The molecule has 1 amide bonds. The van der Waals surface area contributed by atoms with Crippen LogP contribution in [0, 0.1) is 17.8 Å². The van der Waals surface area contributed by atoms with E-state index in [2.05, 4.69) is 29.4 Å². The van der Waals surface area contributed by atoms with Gasteiger partial charge in [0.1, 0.15) is 17.9 Å². The number of carbonyl (C=O) groups excluding carboxylic acids is 1. The summed E-state index contributed by atoms with van der Waals surface area (Å²) in [5.74, 6) is 1.86. The fourth-order valence-electron chi connectivity index (χ4n) is 5.62. The molecule has 3 atom stereocenters. The molecule has 2 heterocycles. The first-order valence-corrected chi connectivity index (χ1v) is 13.1. The second-order valence-electron chi connectivity index (χ2n) is 10.4. The Kier molecular flexibility index (Phi) is 8.59. The van der Waals surface area contributed by atoms with Gasteiger partial charge in [0, 0.05) is 31.5 Å². The molecule has 2 fully saturated rings. The van der Waals surface area contributed by atoms with Crippen LogP contribution in [0.1, 0.15) is 77.7 Å². The van der Waals surface area contributed by atoms with Crippen LogP contribution in [0.2, 0.25) is 0 Å². The molecule has 0 spiro atoms. The molecular weight excluding hydrogens is 446 g/mol. The number of anilines is 1. The Hall–Kier alpha value is -2.68. The van der Waals surface area contributed by atoms with Crippen LogP contribution in [0.3, 0.4) is 0 Å². The topological polar surface area (TPSA) is 111 Å². The molecule has 2 N–H and O–H groups in total. The van der Waals surface area contributed by atoms with Gasteiger partial charge in [-0.05, 0) is 43.4 Å². The molecule has 9 heteroatoms. The molecule has 0 radical (unpaired) electrons. The SMILES string of the molecule is CC1CCCC(C)C1Oc1cnn(C(CC2CCCC2)C(=O)Nc2ccn(CCCO)n2)c(=O)c1. The number of ether oxygens (including phenoxy) is 1. The van der Waals surface area contributed by atoms with Crippen molar-refractivity contribution in [1.82, 2.24) is 19.6 Å². The zero-order chi connectivity index (χ0) is 24.8. The fourth-order valence-corrected chi connectivity index (χ4v) is 5.62. The van der Waals surface area contributed by atoms with E-state index < -0.39 is 6.04 Å². The Morgan fingerprint density at radius 1 is 1.20 bits per heavy atom. The third-order valence-corrected chi connectivity index (χ3v) is 7.58. The van der Waals surface area contributed by atoms with Crippen molar-refractivity contribution < 1.29 is 14.6 Å². The van der Waals surface area contributed by atoms with E-state index in [1.54, 1.807) is 23.1 Å². The lowest BCUT2D eigenvalue weighted by Crippen LogP contribution is -2.37. The first-order chi connectivity index (χ1) is 16.9. The molecule has 0 aromatic carbocycles. The quantitative estimate of drug-likeness (QED) is 0.530. The Morgan fingerprint density at radius 3 is 2.63 bits per heavy atom. The lowest BCUT2D eigenvalue weighted by Gasteiger charge is -2.34. The third kappa shape index (κ3) is 6.51. The highest BCUT2D eigenvalue weighted by Crippen LogP contribution is 2.33. The van der Waals surface area contributed by atoms with Crippen molar-refractivity contribution >= 4 is 11.7 Å². The number of nitrogens with one attached hydrogen (secondary N) is 1. The number of hydrogen-bond acceptors (Lipinski definition) is 6. The lowest BCUT2D eigenvalue weighted by atomic mass is 9.80. The Labute approximate surface area is 206 Å². The van der Waals surface area contributed by atoms with Gasteiger partial charge < -0.3 is 15.2 Å². The average Bonchev–Trinajstić information content (AvgIpc) is 3.51. The summed E-state index contributed by atoms with van der Waals surface area (Å²) in [5, 5.41) is 20.7. The minimum Gasteiger partial charge on any atom is -0.488 e. The zero-order valence-electron chi connectivity index (χ0n) is 20.9. The van der Waals surface area contributed by atoms with E-state index in [4.69, 9.17) is 9.84 Å². The normalized spacial score (nSPS) is 23.8. The second-order valence-corrected chi connectivity index (χ2v) is 10.4. The summed E-state index contributed by atoms with van der Waals surface area (Å²) in [7, 11) is 0. The first-order valence-electron chi connectivity index (χ1n) is 13.1. The summed E-state index contributed by atoms with van der Waals surface area (Å²) in [6.45, 7) is 5.04. The highest BCUT2D eigenvalue weighted by atomic mass is 16.5. The standard InChI is InChI=1S/C26H39N5O4/c1-18-7-5-8-19(2)25(18)35-21-16-24(33)31(27-17-21)22(15-20-9-3-4-10-20)26(34)28-23-11-13-30(29-23)12-6-14-32/h11,13,16-20,22,25,32H,3-10,12,14-15H2,1-2H3,(H,28,29,34). The summed E-state index contributed by atoms with van der Waals surface area (Å²) in [6.07, 6.45) is 12.5. The number of aromatic nitrogens is 4. The Balaban J connectivity index is 1.51. The van der Waals surface area contributed by atoms with E-state index >= 15 is 0 Å². The van der Waals surface area contributed by atoms with Crippen molar-refractivity contribution in [2.75, 3.05) is 11.9 Å². The van der Waals surface area contributed by atoms with Crippen LogP contribution >= 0.6 is 0 Å². The van der Waals surface area contributed by atoms with Gasteiger partial charge in [0.15, 0.2) is 5.82 Å². The van der Waals surface area contributed by atoms with Crippen LogP contribution < -0.4 is 15.6 Å². The van der Waals surface area contributed by atoms with Crippen LogP contribution in [0.4, 0.5) is 5.82 Å². The molecule has 0 saturated heterocycles. The van der Waals surface area contributed by atoms with E-state index in [-0.39, 0.29) is 24.2 Å². The molecule has 2 aromatic rings. The van der Waals surface area contributed by atoms with Gasteiger partial charge in [-0.2, -0.15) is 10.2 Å². The molecule has 4 rings (SSSR count). The predicted octanol–water partition coefficient (Wildman–Crippen LogP) is 3.79. The number of aryl methyl sites for hydroxylation is 1. The number of amides is 1. The van der Waals surface area contributed by atoms with E-state index in [0.717, 1.165) is 38.5 Å². The fraction of sp³-hybridized carbons (Fsp3) is 0.692. The maximum atomic E-state index is 13.3. The van der Waals surface area contributed by atoms with Gasteiger partial charge in [-0.3, -0.25) is 14.3 Å². The first kappa shape index (κ1) is 25.4. The van der Waals surface area contributed by atoms with Gasteiger partial charge in [-0.25, -0.2) is 4.68 Å². The van der Waals surface area contributed by atoms with Gasteiger partial charge in [0.05, 0.1) is 6.20 Å². The molecule has 192 valence electrons. The van der Waals surface area contributed by atoms with E-state index in [0.29, 0.717) is 48.7 Å². The van der Waals surface area contributed by atoms with Crippen molar-refractivity contribution in [2.24, 2.45) is 17.8 Å². The third-order valence-electron chi connectivity index (χ3n) is 7.58. The van der Waals surface area contributed by atoms with E-state index in [1.807, 2.05) is 0 Å². The summed E-state index contributed by atoms with van der Waals surface area (Å²) in [5.41, 5.74) is -0.328. The van der Waals surface area contributed by atoms with Crippen molar-refractivity contribution in [3.8, 4) is 5.75 Å². The molecule has 2 aliphatic carbocycles. The Morgan fingerprint density at radius 2 is 1.94 bits per heavy atom. The molecule has 0 aliphatic heterocycles. The number of carbonyl (C=O) groups is 1. The van der Waals surface area contributed by atoms with Gasteiger partial charge in [0.2, 0.25) is 0 Å². The highest BCUT2D eigenvalue weighted by Gasteiger charge is 2.31. The summed E-state index contributed by atoms with van der Waals surface area (Å²) >= 11 is 0. The molecule has 2 aromatic heterocycles. The molecule has 3 unspecified atom stereocenters. The van der Waals surface area contributed by atoms with Crippen LogP contribution in [-0.2, 0) is 11.3 Å². The maximum absolute atomic E-state index is 13.3. The molecule has 2 aliphatic rings. The number of rotatable bonds is 10. The average molecular weight is 486 g/mol. The lowest BCUT2D eigenvalue weighted by molar-refractivity contribution is -0.120. The smallest absolute Gasteiger partial charge is 0.271 e. The monoisotopic (exact) mass is 485 g/mol. The second kappa shape index (κ2) is 11.8. The predicted molar refractivity (Wildman–Crippen MR) is 133 cm³/mol. The molecule has 2 saturated carbocycles. The van der Waals surface area contributed by atoms with E-state index in [1.165, 1.54) is 17.2 Å². The van der Waals surface area contributed by atoms with Gasteiger partial charge in [-0.15, -0.1) is 0 Å². The van der Waals surface area contributed by atoms with Crippen LogP contribution in [0.25, 0.3) is 0 Å². The number of nitrogens with zero attached hydrogens (tertiary/aromatic N) is 4. The number of aliphatic hydroxyl groups excluding tert-OH is 1. The number of hydrogen-bond donors (Lipinski definition) is 2. The van der Waals surface area contributed by atoms with E-state index in [9.17, 15) is 9.59 Å². The maximum Gasteiger partial charge on any atom is 0.271 e. The van der Waals surface area contributed by atoms with Crippen molar-refractivity contribution in [3.05, 3.63) is 34.9 Å². The Bertz CT molecular complexity index is 1020. The minimum absolute atomic E-state index is 0.0688. The van der Waals surface area contributed by atoms with Crippen molar-refractivity contribution in [2.45, 2.75) is 90.3 Å². The summed E-state index contributed by atoms with van der Waals surface area (Å²) in [6, 6.07) is 2.48. The van der Waals surface area contributed by atoms with Crippen LogP contribution in [0.15, 0.2) is 29.3 Å². The molecule has 35 heavy (non-hydrogen) atoms. The largest absolute Gasteiger partial charge is 0.488 e. The molecular formula is C26H39N5O4. The summed E-state index contributed by atoms with van der Waals surface area (Å²) in [4.78, 5) is 26.5. The van der Waals surface area contributed by atoms with Gasteiger partial charge in [0.25, 0.3) is 11.5 Å².